The van der Waals surface area contributed by atoms with Crippen LogP contribution in [0.3, 0.4) is 0 Å². The summed E-state index contributed by atoms with van der Waals surface area (Å²) in [7, 11) is 0. The van der Waals surface area contributed by atoms with Gasteiger partial charge in [-0.1, -0.05) is 48.5 Å². The van der Waals surface area contributed by atoms with Gasteiger partial charge in [0.05, 0.1) is 0 Å². The Morgan fingerprint density at radius 2 is 1.50 bits per heavy atom. The number of halogens is 1. The first-order valence-electron chi connectivity index (χ1n) is 5.90. The molecule has 0 saturated carbocycles. The summed E-state index contributed by atoms with van der Waals surface area (Å²) in [5, 5.41) is -0.619. The fourth-order valence-electron chi connectivity index (χ4n) is 2.10. The lowest BCUT2D eigenvalue weighted by molar-refractivity contribution is 0.0986. The van der Waals surface area contributed by atoms with Crippen LogP contribution in [0.2, 0.25) is 0 Å². The predicted octanol–water partition coefficient (Wildman–Crippen LogP) is 4.47. The maximum atomic E-state index is 12.5. The topological polar surface area (TPSA) is 17.1 Å². The zero-order chi connectivity index (χ0) is 13.1. The van der Waals surface area contributed by atoms with Gasteiger partial charge in [0.2, 0.25) is 0 Å². The molecular formula is C16H15ClO. The molecule has 0 saturated heterocycles. The number of carbonyl (C=O) groups excluding carboxylic acids is 1. The Morgan fingerprint density at radius 1 is 0.944 bits per heavy atom. The Hall–Kier alpha value is -1.60. The van der Waals surface area contributed by atoms with Crippen LogP contribution < -0.4 is 0 Å². The van der Waals surface area contributed by atoms with Crippen LogP contribution in [0, 0.1) is 13.8 Å². The minimum atomic E-state index is -0.619. The Morgan fingerprint density at radius 3 is 2.06 bits per heavy atom. The van der Waals surface area contributed by atoms with E-state index in [0.29, 0.717) is 0 Å². The molecule has 2 heteroatoms. The second-order valence-electron chi connectivity index (χ2n) is 4.40. The number of Topliss-reactive ketones (excluding diaryl/α,β-unsaturated/α-hetero) is 1. The molecule has 0 radical (unpaired) electrons. The van der Waals surface area contributed by atoms with Gasteiger partial charge in [0.1, 0.15) is 5.38 Å². The van der Waals surface area contributed by atoms with Crippen LogP contribution in [0.15, 0.2) is 48.5 Å². The SMILES string of the molecule is Cc1cccc(C)c1C(=O)C(Cl)c1ccccc1. The second-order valence-corrected chi connectivity index (χ2v) is 4.84. The summed E-state index contributed by atoms with van der Waals surface area (Å²) in [6.45, 7) is 3.88. The number of alkyl halides is 1. The average Bonchev–Trinajstić information content (AvgIpc) is 2.38. The second kappa shape index (κ2) is 5.36. The number of rotatable bonds is 3. The van der Waals surface area contributed by atoms with Crippen molar-refractivity contribution < 1.29 is 4.79 Å². The van der Waals surface area contributed by atoms with Crippen molar-refractivity contribution in [2.45, 2.75) is 19.2 Å². The third-order valence-corrected chi connectivity index (χ3v) is 3.50. The van der Waals surface area contributed by atoms with Crippen molar-refractivity contribution in [1.29, 1.82) is 0 Å². The van der Waals surface area contributed by atoms with Crippen LogP contribution in [-0.2, 0) is 0 Å². The molecule has 2 aromatic carbocycles. The van der Waals surface area contributed by atoms with Crippen LogP contribution in [-0.4, -0.2) is 5.78 Å². The Balaban J connectivity index is 2.38. The fraction of sp³-hybridized carbons (Fsp3) is 0.188. The lowest BCUT2D eigenvalue weighted by Crippen LogP contribution is -2.11. The third kappa shape index (κ3) is 2.46. The van der Waals surface area contributed by atoms with Crippen LogP contribution in [0.5, 0.6) is 0 Å². The van der Waals surface area contributed by atoms with Crippen molar-refractivity contribution in [3.63, 3.8) is 0 Å². The molecule has 18 heavy (non-hydrogen) atoms. The Labute approximate surface area is 112 Å². The molecule has 0 aliphatic rings. The van der Waals surface area contributed by atoms with Crippen LogP contribution >= 0.6 is 11.6 Å². The highest BCUT2D eigenvalue weighted by molar-refractivity contribution is 6.34. The fourth-order valence-corrected chi connectivity index (χ4v) is 2.36. The molecule has 2 aromatic rings. The number of ketones is 1. The maximum absolute atomic E-state index is 12.5. The van der Waals surface area contributed by atoms with Crippen LogP contribution in [0.1, 0.15) is 32.4 Å². The predicted molar refractivity (Wildman–Crippen MR) is 75.3 cm³/mol. The third-order valence-electron chi connectivity index (χ3n) is 3.05. The maximum Gasteiger partial charge on any atom is 0.185 e. The molecule has 0 aromatic heterocycles. The van der Waals surface area contributed by atoms with Gasteiger partial charge < -0.3 is 0 Å². The van der Waals surface area contributed by atoms with Gasteiger partial charge in [0, 0.05) is 5.56 Å². The normalized spacial score (nSPS) is 12.2. The molecule has 1 unspecified atom stereocenters. The standard InChI is InChI=1S/C16H15ClO/c1-11-7-6-8-12(2)14(11)16(18)15(17)13-9-4-3-5-10-13/h3-10,15H,1-2H3. The van der Waals surface area contributed by atoms with E-state index >= 15 is 0 Å². The molecule has 0 aliphatic heterocycles. The number of aryl methyl sites for hydroxylation is 2. The monoisotopic (exact) mass is 258 g/mol. The highest BCUT2D eigenvalue weighted by atomic mass is 35.5. The van der Waals surface area contributed by atoms with Gasteiger partial charge in [0.15, 0.2) is 5.78 Å². The molecule has 0 N–H and O–H groups in total. The zero-order valence-electron chi connectivity index (χ0n) is 10.5. The summed E-state index contributed by atoms with van der Waals surface area (Å²) in [4.78, 5) is 12.5. The Bertz CT molecular complexity index is 540. The van der Waals surface area contributed by atoms with Gasteiger partial charge in [-0.25, -0.2) is 0 Å². The van der Waals surface area contributed by atoms with Gasteiger partial charge in [0.25, 0.3) is 0 Å². The molecule has 0 bridgehead atoms. The lowest BCUT2D eigenvalue weighted by Gasteiger charge is -2.13. The van der Waals surface area contributed by atoms with E-state index in [1.807, 2.05) is 62.4 Å². The summed E-state index contributed by atoms with van der Waals surface area (Å²) >= 11 is 6.29. The summed E-state index contributed by atoms with van der Waals surface area (Å²) in [6.07, 6.45) is 0. The first-order valence-corrected chi connectivity index (χ1v) is 6.34. The lowest BCUT2D eigenvalue weighted by atomic mass is 9.95. The minimum Gasteiger partial charge on any atom is -0.292 e. The highest BCUT2D eigenvalue weighted by Gasteiger charge is 2.21. The first-order chi connectivity index (χ1) is 8.61. The van der Waals surface area contributed by atoms with E-state index in [-0.39, 0.29) is 5.78 Å². The molecule has 2 rings (SSSR count). The molecule has 92 valence electrons. The van der Waals surface area contributed by atoms with Crippen LogP contribution in [0.4, 0.5) is 0 Å². The molecule has 0 aliphatic carbocycles. The molecule has 1 atom stereocenters. The van der Waals surface area contributed by atoms with Crippen molar-refractivity contribution in [2.75, 3.05) is 0 Å². The summed E-state index contributed by atoms with van der Waals surface area (Å²) < 4.78 is 0. The summed E-state index contributed by atoms with van der Waals surface area (Å²) in [5.74, 6) is -0.0292. The van der Waals surface area contributed by atoms with Crippen molar-refractivity contribution in [3.8, 4) is 0 Å². The quantitative estimate of drug-likeness (QED) is 0.587. The molecule has 0 heterocycles. The van der Waals surface area contributed by atoms with E-state index in [4.69, 9.17) is 11.6 Å². The van der Waals surface area contributed by atoms with E-state index < -0.39 is 5.38 Å². The first kappa shape index (κ1) is 12.8. The molecule has 0 spiro atoms. The molecule has 0 fully saturated rings. The number of benzene rings is 2. The van der Waals surface area contributed by atoms with Gasteiger partial charge in [-0.3, -0.25) is 4.79 Å². The van der Waals surface area contributed by atoms with E-state index in [2.05, 4.69) is 0 Å². The highest BCUT2D eigenvalue weighted by Crippen LogP contribution is 2.27. The summed E-state index contributed by atoms with van der Waals surface area (Å²) in [6, 6.07) is 15.3. The van der Waals surface area contributed by atoms with Crippen LogP contribution in [0.25, 0.3) is 0 Å². The number of hydrogen-bond donors (Lipinski definition) is 0. The molecule has 1 nitrogen and oxygen atoms in total. The van der Waals surface area contributed by atoms with Gasteiger partial charge in [-0.2, -0.15) is 0 Å². The minimum absolute atomic E-state index is 0.0292. The molecule has 0 amide bonds. The Kier molecular flexibility index (Phi) is 3.83. The van der Waals surface area contributed by atoms with Crippen molar-refractivity contribution >= 4 is 17.4 Å². The zero-order valence-corrected chi connectivity index (χ0v) is 11.2. The van der Waals surface area contributed by atoms with Crippen molar-refractivity contribution in [3.05, 3.63) is 70.8 Å². The molecular weight excluding hydrogens is 244 g/mol. The summed E-state index contributed by atoms with van der Waals surface area (Å²) in [5.41, 5.74) is 3.52. The van der Waals surface area contributed by atoms with E-state index in [9.17, 15) is 4.79 Å². The number of carbonyl (C=O) groups is 1. The van der Waals surface area contributed by atoms with Gasteiger partial charge in [-0.15, -0.1) is 11.6 Å². The van der Waals surface area contributed by atoms with E-state index in [1.54, 1.807) is 0 Å². The van der Waals surface area contributed by atoms with Crippen molar-refractivity contribution in [2.24, 2.45) is 0 Å². The number of hydrogen-bond acceptors (Lipinski definition) is 1. The van der Waals surface area contributed by atoms with E-state index in [1.165, 1.54) is 0 Å². The largest absolute Gasteiger partial charge is 0.292 e. The average molecular weight is 259 g/mol. The van der Waals surface area contributed by atoms with Gasteiger partial charge in [-0.05, 0) is 30.5 Å². The van der Waals surface area contributed by atoms with Crippen molar-refractivity contribution in [1.82, 2.24) is 0 Å². The van der Waals surface area contributed by atoms with Gasteiger partial charge >= 0.3 is 0 Å². The smallest absolute Gasteiger partial charge is 0.185 e. The van der Waals surface area contributed by atoms with E-state index in [0.717, 1.165) is 22.3 Å².